The molecule has 0 atom stereocenters. The number of H-pyrrole nitrogens is 1. The highest BCUT2D eigenvalue weighted by Gasteiger charge is 2.08. The molecular weight excluding hydrogens is 319 g/mol. The predicted molar refractivity (Wildman–Crippen MR) is 82.6 cm³/mol. The Labute approximate surface area is 133 Å². The standard InChI is InChI=1S/C15H11FN4O2S/c16-11-4-2-1-3-10(11)9-20-7-8-23-15(20)17-14(22)12-5-6-13(21)19-18-12/h1-8H,9H2,(H,19,21). The molecule has 2 aromatic heterocycles. The summed E-state index contributed by atoms with van der Waals surface area (Å²) in [6.07, 6.45) is 1.73. The molecule has 0 spiro atoms. The van der Waals surface area contributed by atoms with Crippen molar-refractivity contribution < 1.29 is 9.18 Å². The number of carbonyl (C=O) groups is 1. The Hall–Kier alpha value is -2.87. The maximum absolute atomic E-state index is 13.7. The van der Waals surface area contributed by atoms with Crippen LogP contribution in [-0.4, -0.2) is 20.7 Å². The molecule has 0 saturated heterocycles. The van der Waals surface area contributed by atoms with Gasteiger partial charge in [-0.15, -0.1) is 11.3 Å². The molecule has 0 bridgehead atoms. The summed E-state index contributed by atoms with van der Waals surface area (Å²) in [5.41, 5.74) is 0.143. The maximum Gasteiger partial charge on any atom is 0.300 e. The Morgan fingerprint density at radius 3 is 2.87 bits per heavy atom. The number of benzene rings is 1. The molecule has 0 fully saturated rings. The number of amides is 1. The number of carbonyl (C=O) groups excluding carboxylic acids is 1. The van der Waals surface area contributed by atoms with Crippen LogP contribution >= 0.6 is 11.3 Å². The van der Waals surface area contributed by atoms with Gasteiger partial charge in [-0.1, -0.05) is 18.2 Å². The molecule has 8 heteroatoms. The Balaban J connectivity index is 1.91. The van der Waals surface area contributed by atoms with E-state index in [1.165, 1.54) is 29.5 Å². The lowest BCUT2D eigenvalue weighted by Gasteiger charge is -2.04. The summed E-state index contributed by atoms with van der Waals surface area (Å²) >= 11 is 1.25. The summed E-state index contributed by atoms with van der Waals surface area (Å²) < 4.78 is 15.4. The SMILES string of the molecule is O=C(N=c1sccn1Cc1ccccc1F)c1ccc(=O)[nH]n1. The van der Waals surface area contributed by atoms with Gasteiger partial charge in [0, 0.05) is 23.2 Å². The molecule has 0 unspecified atom stereocenters. The number of hydrogen-bond acceptors (Lipinski definition) is 4. The number of halogens is 1. The van der Waals surface area contributed by atoms with E-state index in [1.807, 2.05) is 0 Å². The molecule has 0 radical (unpaired) electrons. The van der Waals surface area contributed by atoms with Crippen molar-refractivity contribution in [2.24, 2.45) is 4.99 Å². The van der Waals surface area contributed by atoms with E-state index in [4.69, 9.17) is 0 Å². The van der Waals surface area contributed by atoms with Gasteiger partial charge in [0.1, 0.15) is 5.82 Å². The van der Waals surface area contributed by atoms with E-state index >= 15 is 0 Å². The van der Waals surface area contributed by atoms with Crippen LogP contribution in [0.4, 0.5) is 4.39 Å². The number of hydrogen-bond donors (Lipinski definition) is 1. The quantitative estimate of drug-likeness (QED) is 0.791. The van der Waals surface area contributed by atoms with Crippen molar-refractivity contribution in [2.75, 3.05) is 0 Å². The first-order valence-electron chi connectivity index (χ1n) is 6.65. The second kappa shape index (κ2) is 6.49. The van der Waals surface area contributed by atoms with Gasteiger partial charge in [-0.25, -0.2) is 9.49 Å². The van der Waals surface area contributed by atoms with Crippen LogP contribution in [0.1, 0.15) is 16.1 Å². The number of nitrogens with zero attached hydrogens (tertiary/aromatic N) is 3. The molecule has 3 aromatic rings. The number of nitrogens with one attached hydrogen (secondary N) is 1. The third-order valence-corrected chi connectivity index (χ3v) is 3.85. The Kier molecular flexibility index (Phi) is 4.24. The van der Waals surface area contributed by atoms with E-state index in [0.717, 1.165) is 0 Å². The minimum absolute atomic E-state index is 0.0374. The molecule has 1 aromatic carbocycles. The lowest BCUT2D eigenvalue weighted by molar-refractivity contribution is 0.0992. The van der Waals surface area contributed by atoms with Crippen molar-refractivity contribution >= 4 is 17.2 Å². The molecule has 3 rings (SSSR count). The van der Waals surface area contributed by atoms with Gasteiger partial charge in [-0.3, -0.25) is 9.59 Å². The van der Waals surface area contributed by atoms with E-state index in [1.54, 1.807) is 34.3 Å². The van der Waals surface area contributed by atoms with E-state index in [0.29, 0.717) is 10.4 Å². The summed E-state index contributed by atoms with van der Waals surface area (Å²) in [6.45, 7) is 0.265. The highest BCUT2D eigenvalue weighted by molar-refractivity contribution is 7.07. The van der Waals surface area contributed by atoms with Gasteiger partial charge in [0.15, 0.2) is 10.5 Å². The van der Waals surface area contributed by atoms with E-state index < -0.39 is 11.5 Å². The van der Waals surface area contributed by atoms with Gasteiger partial charge in [0.25, 0.3) is 11.5 Å². The van der Waals surface area contributed by atoms with Crippen LogP contribution < -0.4 is 10.4 Å². The molecule has 0 aliphatic carbocycles. The highest BCUT2D eigenvalue weighted by Crippen LogP contribution is 2.08. The van der Waals surface area contributed by atoms with E-state index in [-0.39, 0.29) is 18.1 Å². The van der Waals surface area contributed by atoms with Gasteiger partial charge in [0.2, 0.25) is 0 Å². The van der Waals surface area contributed by atoms with Crippen molar-refractivity contribution in [1.82, 2.24) is 14.8 Å². The first kappa shape index (κ1) is 15.0. The molecular formula is C15H11FN4O2S. The first-order valence-corrected chi connectivity index (χ1v) is 7.53. The normalized spacial score (nSPS) is 11.6. The molecule has 1 N–H and O–H groups in total. The van der Waals surface area contributed by atoms with Crippen molar-refractivity contribution in [1.29, 1.82) is 0 Å². The molecule has 1 amide bonds. The zero-order valence-corrected chi connectivity index (χ0v) is 12.6. The second-order valence-corrected chi connectivity index (χ2v) is 5.50. The van der Waals surface area contributed by atoms with Crippen molar-refractivity contribution in [2.45, 2.75) is 6.54 Å². The van der Waals surface area contributed by atoms with E-state index in [9.17, 15) is 14.0 Å². The van der Waals surface area contributed by atoms with Crippen LogP contribution in [0, 0.1) is 5.82 Å². The van der Waals surface area contributed by atoms with Crippen LogP contribution in [0.3, 0.4) is 0 Å². The fourth-order valence-electron chi connectivity index (χ4n) is 1.92. The van der Waals surface area contributed by atoms with Crippen LogP contribution in [0.5, 0.6) is 0 Å². The lowest BCUT2D eigenvalue weighted by Crippen LogP contribution is -2.18. The zero-order chi connectivity index (χ0) is 16.2. The molecule has 0 saturated carbocycles. The number of thiazole rings is 1. The van der Waals surface area contributed by atoms with Crippen LogP contribution in [0.2, 0.25) is 0 Å². The summed E-state index contributed by atoms with van der Waals surface area (Å²) in [4.78, 5) is 27.4. The second-order valence-electron chi connectivity index (χ2n) is 4.63. The average molecular weight is 330 g/mol. The van der Waals surface area contributed by atoms with Gasteiger partial charge in [-0.05, 0) is 12.1 Å². The summed E-state index contributed by atoms with van der Waals surface area (Å²) in [5, 5.41) is 7.58. The van der Waals surface area contributed by atoms with Gasteiger partial charge in [0.05, 0.1) is 6.54 Å². The fourth-order valence-corrected chi connectivity index (χ4v) is 2.65. The molecule has 6 nitrogen and oxygen atoms in total. The first-order chi connectivity index (χ1) is 11.1. The minimum Gasteiger partial charge on any atom is -0.319 e. The third-order valence-electron chi connectivity index (χ3n) is 3.05. The molecule has 23 heavy (non-hydrogen) atoms. The van der Waals surface area contributed by atoms with Crippen molar-refractivity contribution in [3.05, 3.63) is 80.2 Å². The topological polar surface area (TPSA) is 80.1 Å². The lowest BCUT2D eigenvalue weighted by atomic mass is 10.2. The number of aromatic nitrogens is 3. The van der Waals surface area contributed by atoms with Gasteiger partial charge in [-0.2, -0.15) is 10.1 Å². The average Bonchev–Trinajstić information content (AvgIpc) is 2.97. The molecule has 0 aliphatic heterocycles. The zero-order valence-electron chi connectivity index (χ0n) is 11.8. The summed E-state index contributed by atoms with van der Waals surface area (Å²) in [6, 6.07) is 8.94. The molecule has 0 aliphatic rings. The number of rotatable bonds is 3. The van der Waals surface area contributed by atoms with E-state index in [2.05, 4.69) is 15.2 Å². The fraction of sp³-hybridized carbons (Fsp3) is 0.0667. The molecule has 2 heterocycles. The predicted octanol–water partition coefficient (Wildman–Crippen LogP) is 1.56. The van der Waals surface area contributed by atoms with Gasteiger partial charge >= 0.3 is 0 Å². The van der Waals surface area contributed by atoms with Crippen LogP contribution in [-0.2, 0) is 6.54 Å². The molecule has 116 valence electrons. The van der Waals surface area contributed by atoms with Crippen molar-refractivity contribution in [3.8, 4) is 0 Å². The van der Waals surface area contributed by atoms with Crippen molar-refractivity contribution in [3.63, 3.8) is 0 Å². The Morgan fingerprint density at radius 1 is 1.30 bits per heavy atom. The van der Waals surface area contributed by atoms with Crippen LogP contribution in [0.25, 0.3) is 0 Å². The minimum atomic E-state index is -0.578. The maximum atomic E-state index is 13.7. The number of aromatic amines is 1. The Morgan fingerprint density at radius 2 is 2.13 bits per heavy atom. The monoisotopic (exact) mass is 330 g/mol. The smallest absolute Gasteiger partial charge is 0.300 e. The third kappa shape index (κ3) is 3.49. The Bertz CT molecular complexity index is 953. The highest BCUT2D eigenvalue weighted by atomic mass is 32.1. The summed E-state index contributed by atoms with van der Waals surface area (Å²) in [5.74, 6) is -0.892. The van der Waals surface area contributed by atoms with Gasteiger partial charge < -0.3 is 4.57 Å². The largest absolute Gasteiger partial charge is 0.319 e. The summed E-state index contributed by atoms with van der Waals surface area (Å²) in [7, 11) is 0. The van der Waals surface area contributed by atoms with Crippen LogP contribution in [0.15, 0.2) is 57.8 Å².